The lowest BCUT2D eigenvalue weighted by molar-refractivity contribution is 0.274. The van der Waals surface area contributed by atoms with E-state index in [9.17, 15) is 5.11 Å². The molecule has 0 bridgehead atoms. The van der Waals surface area contributed by atoms with Crippen molar-refractivity contribution < 1.29 is 10.2 Å². The Balaban J connectivity index is 3.35. The molecule has 1 rings (SSSR count). The van der Waals surface area contributed by atoms with Crippen molar-refractivity contribution >= 4 is 0 Å². The van der Waals surface area contributed by atoms with Gasteiger partial charge < -0.3 is 10.2 Å². The second-order valence-electron chi connectivity index (χ2n) is 3.47. The summed E-state index contributed by atoms with van der Waals surface area (Å²) in [5.74, 6) is 0.213. The molecule has 0 radical (unpaired) electrons. The van der Waals surface area contributed by atoms with E-state index < -0.39 is 0 Å². The Hall–Kier alpha value is -1.28. The van der Waals surface area contributed by atoms with Crippen LogP contribution >= 0.6 is 0 Å². The number of aliphatic hydroxyl groups is 1. The molecule has 0 spiro atoms. The minimum absolute atomic E-state index is 0.123. The number of rotatable bonds is 3. The quantitative estimate of drug-likeness (QED) is 0.721. The highest BCUT2D eigenvalue weighted by atomic mass is 16.3. The van der Waals surface area contributed by atoms with Gasteiger partial charge in [0.2, 0.25) is 0 Å². The number of aromatic hydroxyl groups is 1. The summed E-state index contributed by atoms with van der Waals surface area (Å²) < 4.78 is 0. The summed E-state index contributed by atoms with van der Waals surface area (Å²) in [5.41, 5.74) is 3.44. The summed E-state index contributed by atoms with van der Waals surface area (Å²) in [4.78, 5) is 0. The predicted octanol–water partition coefficient (Wildman–Crippen LogP) is 2.23. The molecular formula is C12H16O2. The van der Waals surface area contributed by atoms with Gasteiger partial charge in [-0.05, 0) is 31.4 Å². The molecule has 2 heteroatoms. The van der Waals surface area contributed by atoms with Crippen molar-refractivity contribution in [2.75, 3.05) is 0 Å². The van der Waals surface area contributed by atoms with Crippen LogP contribution < -0.4 is 0 Å². The minimum atomic E-state index is -0.123. The minimum Gasteiger partial charge on any atom is -0.507 e. The number of phenols is 1. The van der Waals surface area contributed by atoms with E-state index in [4.69, 9.17) is 5.11 Å². The third-order valence-corrected chi connectivity index (χ3v) is 2.46. The molecule has 0 saturated carbocycles. The summed E-state index contributed by atoms with van der Waals surface area (Å²) in [5, 5.41) is 19.0. The number of allylic oxidation sites excluding steroid dienone is 1. The number of aliphatic hydroxyl groups excluding tert-OH is 1. The van der Waals surface area contributed by atoms with E-state index in [1.54, 1.807) is 6.08 Å². The maximum Gasteiger partial charge on any atom is 0.125 e. The highest BCUT2D eigenvalue weighted by Crippen LogP contribution is 2.29. The second kappa shape index (κ2) is 4.29. The normalized spacial score (nSPS) is 10.2. The first-order chi connectivity index (χ1) is 6.61. The fourth-order valence-electron chi connectivity index (χ4n) is 1.66. The molecule has 1 aromatic carbocycles. The van der Waals surface area contributed by atoms with Crippen LogP contribution in [0, 0.1) is 13.8 Å². The Labute approximate surface area is 84.5 Å². The van der Waals surface area contributed by atoms with Crippen LogP contribution in [0.2, 0.25) is 0 Å². The average Bonchev–Trinajstić information content (AvgIpc) is 2.12. The van der Waals surface area contributed by atoms with E-state index in [2.05, 4.69) is 6.58 Å². The van der Waals surface area contributed by atoms with Crippen LogP contribution in [0.3, 0.4) is 0 Å². The van der Waals surface area contributed by atoms with Crippen molar-refractivity contribution in [2.24, 2.45) is 0 Å². The zero-order valence-electron chi connectivity index (χ0n) is 8.67. The van der Waals surface area contributed by atoms with Gasteiger partial charge in [-0.2, -0.15) is 0 Å². The zero-order chi connectivity index (χ0) is 10.7. The number of hydrogen-bond donors (Lipinski definition) is 2. The molecule has 1 aromatic rings. The highest BCUT2D eigenvalue weighted by molar-refractivity contribution is 5.49. The first-order valence-electron chi connectivity index (χ1n) is 4.64. The van der Waals surface area contributed by atoms with E-state index in [1.165, 1.54) is 0 Å². The van der Waals surface area contributed by atoms with Crippen molar-refractivity contribution in [3.63, 3.8) is 0 Å². The van der Waals surface area contributed by atoms with Gasteiger partial charge in [0.1, 0.15) is 5.75 Å². The van der Waals surface area contributed by atoms with Gasteiger partial charge in [0.05, 0.1) is 6.61 Å². The third-order valence-electron chi connectivity index (χ3n) is 2.46. The van der Waals surface area contributed by atoms with Crippen molar-refractivity contribution in [3.05, 3.63) is 41.0 Å². The van der Waals surface area contributed by atoms with Gasteiger partial charge in [-0.3, -0.25) is 0 Å². The van der Waals surface area contributed by atoms with Crippen LogP contribution in [0.5, 0.6) is 5.75 Å². The largest absolute Gasteiger partial charge is 0.507 e. The van der Waals surface area contributed by atoms with Crippen molar-refractivity contribution in [1.29, 1.82) is 0 Å². The van der Waals surface area contributed by atoms with Gasteiger partial charge in [0, 0.05) is 11.1 Å². The summed E-state index contributed by atoms with van der Waals surface area (Å²) >= 11 is 0. The lowest BCUT2D eigenvalue weighted by Crippen LogP contribution is -1.97. The van der Waals surface area contributed by atoms with Crippen LogP contribution in [0.4, 0.5) is 0 Å². The Morgan fingerprint density at radius 1 is 1.29 bits per heavy atom. The summed E-state index contributed by atoms with van der Waals surface area (Å²) in [7, 11) is 0. The SMILES string of the molecule is C=CCc1c(C)cc(C)c(CO)c1O. The number of benzene rings is 1. The van der Waals surface area contributed by atoms with Crippen LogP contribution in [0.1, 0.15) is 22.3 Å². The van der Waals surface area contributed by atoms with Crippen LogP contribution in [0.25, 0.3) is 0 Å². The molecular weight excluding hydrogens is 176 g/mol. The average molecular weight is 192 g/mol. The summed E-state index contributed by atoms with van der Waals surface area (Å²) in [6.07, 6.45) is 2.38. The molecule has 76 valence electrons. The van der Waals surface area contributed by atoms with E-state index in [0.717, 1.165) is 16.7 Å². The molecule has 0 aromatic heterocycles. The van der Waals surface area contributed by atoms with Gasteiger partial charge in [0.15, 0.2) is 0 Å². The van der Waals surface area contributed by atoms with Crippen molar-refractivity contribution in [1.82, 2.24) is 0 Å². The molecule has 0 amide bonds. The van der Waals surface area contributed by atoms with Crippen LogP contribution in [-0.2, 0) is 13.0 Å². The van der Waals surface area contributed by atoms with Gasteiger partial charge in [-0.25, -0.2) is 0 Å². The Morgan fingerprint density at radius 3 is 2.36 bits per heavy atom. The van der Waals surface area contributed by atoms with E-state index in [1.807, 2.05) is 19.9 Å². The first kappa shape index (κ1) is 10.8. The lowest BCUT2D eigenvalue weighted by atomic mass is 9.96. The fourth-order valence-corrected chi connectivity index (χ4v) is 1.66. The summed E-state index contributed by atoms with van der Waals surface area (Å²) in [6.45, 7) is 7.36. The maximum atomic E-state index is 9.87. The Morgan fingerprint density at radius 2 is 1.86 bits per heavy atom. The molecule has 0 unspecified atom stereocenters. The van der Waals surface area contributed by atoms with Crippen molar-refractivity contribution in [2.45, 2.75) is 26.9 Å². The molecule has 2 nitrogen and oxygen atoms in total. The fraction of sp³-hybridized carbons (Fsp3) is 0.333. The van der Waals surface area contributed by atoms with Gasteiger partial charge in [0.25, 0.3) is 0 Å². The molecule has 14 heavy (non-hydrogen) atoms. The number of aryl methyl sites for hydroxylation is 2. The van der Waals surface area contributed by atoms with Crippen molar-refractivity contribution in [3.8, 4) is 5.75 Å². The molecule has 0 fully saturated rings. The zero-order valence-corrected chi connectivity index (χ0v) is 8.67. The van der Waals surface area contributed by atoms with Crippen LogP contribution in [-0.4, -0.2) is 10.2 Å². The third kappa shape index (κ3) is 1.80. The standard InChI is InChI=1S/C12H16O2/c1-4-5-10-8(2)6-9(3)11(7-13)12(10)14/h4,6,13-14H,1,5,7H2,2-3H3. The first-order valence-corrected chi connectivity index (χ1v) is 4.64. The molecule has 0 aliphatic rings. The maximum absolute atomic E-state index is 9.87. The molecule has 0 heterocycles. The van der Waals surface area contributed by atoms with E-state index >= 15 is 0 Å². The van der Waals surface area contributed by atoms with Gasteiger partial charge in [-0.15, -0.1) is 6.58 Å². The molecule has 2 N–H and O–H groups in total. The monoisotopic (exact) mass is 192 g/mol. The van der Waals surface area contributed by atoms with E-state index in [0.29, 0.717) is 12.0 Å². The van der Waals surface area contributed by atoms with Gasteiger partial charge in [-0.1, -0.05) is 12.1 Å². The summed E-state index contributed by atoms with van der Waals surface area (Å²) in [6, 6.07) is 1.98. The van der Waals surface area contributed by atoms with E-state index in [-0.39, 0.29) is 12.4 Å². The second-order valence-corrected chi connectivity index (χ2v) is 3.47. The Kier molecular flexibility index (Phi) is 3.31. The predicted molar refractivity (Wildman–Crippen MR) is 57.4 cm³/mol. The molecule has 0 aliphatic carbocycles. The number of hydrogen-bond acceptors (Lipinski definition) is 2. The molecule has 0 aliphatic heterocycles. The topological polar surface area (TPSA) is 40.5 Å². The molecule has 0 atom stereocenters. The Bertz CT molecular complexity index is 354. The molecule has 0 saturated heterocycles. The highest BCUT2D eigenvalue weighted by Gasteiger charge is 2.11. The lowest BCUT2D eigenvalue weighted by Gasteiger charge is -2.13. The smallest absolute Gasteiger partial charge is 0.125 e. The van der Waals surface area contributed by atoms with Crippen LogP contribution in [0.15, 0.2) is 18.7 Å². The van der Waals surface area contributed by atoms with Gasteiger partial charge >= 0.3 is 0 Å².